The average Bonchev–Trinajstić information content (AvgIpc) is 2.71. The smallest absolute Gasteiger partial charge is 0.144 e. The Bertz CT molecular complexity index is 555. The van der Waals surface area contributed by atoms with Crippen molar-refractivity contribution in [1.29, 1.82) is 0 Å². The first-order valence-corrected chi connectivity index (χ1v) is 6.20. The molecule has 0 bridgehead atoms. The summed E-state index contributed by atoms with van der Waals surface area (Å²) < 4.78 is 7.04. The number of rotatable bonds is 2. The van der Waals surface area contributed by atoms with Gasteiger partial charge in [-0.15, -0.1) is 0 Å². The van der Waals surface area contributed by atoms with Gasteiger partial charge < -0.3 is 4.74 Å². The van der Waals surface area contributed by atoms with Gasteiger partial charge in [0.25, 0.3) is 0 Å². The number of ether oxygens (including phenoxy) is 1. The molecule has 0 aliphatic carbocycles. The van der Waals surface area contributed by atoms with Crippen LogP contribution in [0.5, 0.6) is 5.75 Å². The molecule has 0 aliphatic rings. The number of para-hydroxylation sites is 2. The lowest BCUT2D eigenvalue weighted by Gasteiger charge is -2.14. The zero-order chi connectivity index (χ0) is 13.3. The summed E-state index contributed by atoms with van der Waals surface area (Å²) in [4.78, 5) is 0. The van der Waals surface area contributed by atoms with E-state index in [1.807, 2.05) is 30.3 Å². The molecule has 0 saturated carbocycles. The molecule has 0 unspecified atom stereocenters. The van der Waals surface area contributed by atoms with Crippen LogP contribution in [0.3, 0.4) is 0 Å². The molecule has 3 nitrogen and oxygen atoms in total. The molecule has 0 amide bonds. The molecule has 2 rings (SSSR count). The Hall–Kier alpha value is -1.48. The van der Waals surface area contributed by atoms with E-state index in [2.05, 4.69) is 25.9 Å². The van der Waals surface area contributed by atoms with Crippen LogP contribution in [-0.4, -0.2) is 16.9 Å². The van der Waals surface area contributed by atoms with Crippen LogP contribution in [0.2, 0.25) is 5.15 Å². The second kappa shape index (κ2) is 4.65. The number of aromatic nitrogens is 2. The maximum absolute atomic E-state index is 6.26. The van der Waals surface area contributed by atoms with Crippen LogP contribution < -0.4 is 4.74 Å². The number of hydrogen-bond acceptors (Lipinski definition) is 2. The van der Waals surface area contributed by atoms with Gasteiger partial charge in [-0.2, -0.15) is 5.10 Å². The summed E-state index contributed by atoms with van der Waals surface area (Å²) >= 11 is 6.26. The molecule has 0 N–H and O–H groups in total. The second-order valence-corrected chi connectivity index (χ2v) is 5.57. The van der Waals surface area contributed by atoms with Crippen LogP contribution in [0.1, 0.15) is 26.5 Å². The highest BCUT2D eigenvalue weighted by molar-refractivity contribution is 6.29. The van der Waals surface area contributed by atoms with Crippen molar-refractivity contribution in [2.45, 2.75) is 26.2 Å². The van der Waals surface area contributed by atoms with Crippen LogP contribution >= 0.6 is 11.6 Å². The molecule has 2 aromatic rings. The Morgan fingerprint density at radius 3 is 2.44 bits per heavy atom. The van der Waals surface area contributed by atoms with Crippen molar-refractivity contribution in [1.82, 2.24) is 9.78 Å². The molecule has 0 fully saturated rings. The summed E-state index contributed by atoms with van der Waals surface area (Å²) in [6, 6.07) is 9.58. The van der Waals surface area contributed by atoms with Gasteiger partial charge in [-0.05, 0) is 18.2 Å². The normalized spacial score (nSPS) is 11.6. The lowest BCUT2D eigenvalue weighted by molar-refractivity contribution is 0.411. The summed E-state index contributed by atoms with van der Waals surface area (Å²) in [5.74, 6) is 0.753. The fraction of sp³-hybridized carbons (Fsp3) is 0.357. The first-order valence-electron chi connectivity index (χ1n) is 5.83. The van der Waals surface area contributed by atoms with E-state index in [9.17, 15) is 0 Å². The molecule has 0 atom stereocenters. The Morgan fingerprint density at radius 2 is 1.89 bits per heavy atom. The van der Waals surface area contributed by atoms with Crippen molar-refractivity contribution in [3.05, 3.63) is 41.2 Å². The summed E-state index contributed by atoms with van der Waals surface area (Å²) in [6.45, 7) is 6.33. The SMILES string of the molecule is COc1ccccc1-n1nc(C(C)(C)C)cc1Cl. The van der Waals surface area contributed by atoms with Crippen molar-refractivity contribution in [2.24, 2.45) is 0 Å². The summed E-state index contributed by atoms with van der Waals surface area (Å²) in [7, 11) is 1.64. The molecule has 1 aromatic heterocycles. The van der Waals surface area contributed by atoms with Crippen molar-refractivity contribution >= 4 is 11.6 Å². The fourth-order valence-corrected chi connectivity index (χ4v) is 1.93. The highest BCUT2D eigenvalue weighted by Gasteiger charge is 2.20. The zero-order valence-corrected chi connectivity index (χ0v) is 11.8. The highest BCUT2D eigenvalue weighted by atomic mass is 35.5. The van der Waals surface area contributed by atoms with Crippen LogP contribution in [0, 0.1) is 0 Å². The first kappa shape index (κ1) is 13.0. The third-order valence-corrected chi connectivity index (χ3v) is 3.02. The maximum atomic E-state index is 6.26. The molecule has 1 aromatic carbocycles. The van der Waals surface area contributed by atoms with Crippen molar-refractivity contribution in [2.75, 3.05) is 7.11 Å². The van der Waals surface area contributed by atoms with Gasteiger partial charge in [0.2, 0.25) is 0 Å². The van der Waals surface area contributed by atoms with E-state index < -0.39 is 0 Å². The molecule has 0 radical (unpaired) electrons. The van der Waals surface area contributed by atoms with E-state index in [0.29, 0.717) is 5.15 Å². The van der Waals surface area contributed by atoms with Crippen molar-refractivity contribution in [3.8, 4) is 11.4 Å². The molecule has 4 heteroatoms. The van der Waals surface area contributed by atoms with Gasteiger partial charge in [0.05, 0.1) is 12.8 Å². The predicted molar refractivity (Wildman–Crippen MR) is 73.8 cm³/mol. The van der Waals surface area contributed by atoms with Gasteiger partial charge in [-0.25, -0.2) is 4.68 Å². The predicted octanol–water partition coefficient (Wildman–Crippen LogP) is 3.83. The summed E-state index contributed by atoms with van der Waals surface area (Å²) in [5, 5.41) is 5.15. The maximum Gasteiger partial charge on any atom is 0.144 e. The van der Waals surface area contributed by atoms with Gasteiger partial charge in [-0.3, -0.25) is 0 Å². The molecule has 0 spiro atoms. The van der Waals surface area contributed by atoms with E-state index in [1.165, 1.54) is 0 Å². The van der Waals surface area contributed by atoms with Gasteiger partial charge in [-0.1, -0.05) is 44.5 Å². The van der Waals surface area contributed by atoms with Crippen molar-refractivity contribution < 1.29 is 4.74 Å². The Morgan fingerprint density at radius 1 is 1.22 bits per heavy atom. The lowest BCUT2D eigenvalue weighted by atomic mass is 9.93. The first-order chi connectivity index (χ1) is 8.43. The molecule has 0 aliphatic heterocycles. The van der Waals surface area contributed by atoms with Gasteiger partial charge >= 0.3 is 0 Å². The molecular formula is C14H17ClN2O. The minimum atomic E-state index is -0.0308. The molecular weight excluding hydrogens is 248 g/mol. The zero-order valence-electron chi connectivity index (χ0n) is 11.1. The highest BCUT2D eigenvalue weighted by Crippen LogP contribution is 2.29. The third kappa shape index (κ3) is 2.36. The Kier molecular flexibility index (Phi) is 3.35. The monoisotopic (exact) mass is 264 g/mol. The molecule has 96 valence electrons. The molecule has 0 saturated heterocycles. The summed E-state index contributed by atoms with van der Waals surface area (Å²) in [5.41, 5.74) is 1.77. The van der Waals surface area contributed by atoms with Gasteiger partial charge in [0.1, 0.15) is 16.6 Å². The summed E-state index contributed by atoms with van der Waals surface area (Å²) in [6.07, 6.45) is 0. The van der Waals surface area contributed by atoms with E-state index in [4.69, 9.17) is 16.3 Å². The third-order valence-electron chi connectivity index (χ3n) is 2.75. The van der Waals surface area contributed by atoms with E-state index >= 15 is 0 Å². The van der Waals surface area contributed by atoms with Crippen LogP contribution in [0.15, 0.2) is 30.3 Å². The van der Waals surface area contributed by atoms with E-state index in [0.717, 1.165) is 17.1 Å². The lowest BCUT2D eigenvalue weighted by Crippen LogP contribution is -2.12. The van der Waals surface area contributed by atoms with Crippen LogP contribution in [0.4, 0.5) is 0 Å². The number of nitrogens with zero attached hydrogens (tertiary/aromatic N) is 2. The van der Waals surface area contributed by atoms with Crippen LogP contribution in [0.25, 0.3) is 5.69 Å². The number of hydrogen-bond donors (Lipinski definition) is 0. The topological polar surface area (TPSA) is 27.1 Å². The largest absolute Gasteiger partial charge is 0.494 e. The Labute approximate surface area is 112 Å². The molecule has 1 heterocycles. The van der Waals surface area contributed by atoms with E-state index in [1.54, 1.807) is 11.8 Å². The quantitative estimate of drug-likeness (QED) is 0.824. The number of methoxy groups -OCH3 is 1. The van der Waals surface area contributed by atoms with Gasteiger partial charge in [0.15, 0.2) is 0 Å². The minimum Gasteiger partial charge on any atom is -0.494 e. The van der Waals surface area contributed by atoms with Crippen LogP contribution in [-0.2, 0) is 5.41 Å². The standard InChI is InChI=1S/C14H17ClN2O/c1-14(2,3)12-9-13(15)17(16-12)10-7-5-6-8-11(10)18-4/h5-9H,1-4H3. The average molecular weight is 265 g/mol. The second-order valence-electron chi connectivity index (χ2n) is 5.19. The number of halogens is 1. The minimum absolute atomic E-state index is 0.0308. The number of benzene rings is 1. The molecule has 18 heavy (non-hydrogen) atoms. The van der Waals surface area contributed by atoms with Gasteiger partial charge in [0, 0.05) is 5.41 Å². The Balaban J connectivity index is 2.55. The van der Waals surface area contributed by atoms with Crippen molar-refractivity contribution in [3.63, 3.8) is 0 Å². The fourth-order valence-electron chi connectivity index (χ4n) is 1.70. The van der Waals surface area contributed by atoms with E-state index in [-0.39, 0.29) is 5.41 Å².